The molecule has 2 aliphatic heterocycles. The Bertz CT molecular complexity index is 1930. The summed E-state index contributed by atoms with van der Waals surface area (Å²) >= 11 is 6.07. The van der Waals surface area contributed by atoms with E-state index in [1.807, 2.05) is 6.08 Å². The van der Waals surface area contributed by atoms with Crippen molar-refractivity contribution in [3.05, 3.63) is 105 Å². The average molecular weight is 674 g/mol. The van der Waals surface area contributed by atoms with Crippen molar-refractivity contribution in [1.82, 2.24) is 0 Å². The minimum Gasteiger partial charge on any atom is -0.491 e. The van der Waals surface area contributed by atoms with Gasteiger partial charge >= 0.3 is 0 Å². The Kier molecular flexibility index (Phi) is 7.67. The van der Waals surface area contributed by atoms with E-state index in [2.05, 4.69) is 0 Å². The van der Waals surface area contributed by atoms with Crippen LogP contribution in [0.2, 0.25) is 5.02 Å². The molecule has 4 aliphatic rings. The van der Waals surface area contributed by atoms with Crippen LogP contribution in [0.4, 0.5) is 21.5 Å². The Morgan fingerprint density at radius 3 is 2.38 bits per heavy atom. The summed E-state index contributed by atoms with van der Waals surface area (Å²) in [5.74, 6) is -6.24. The first kappa shape index (κ1) is 31.6. The SMILES string of the molecule is CC12C(=O)N(c3ccc(F)c(Cl)c3)C(=O)C1CC1C(=CCC3C(=O)N(c4ccc([N+](=O)[O-])cc4)C(=O)C31)C2c1ccccc1OCCO. The van der Waals surface area contributed by atoms with Crippen LogP contribution < -0.4 is 14.5 Å². The zero-order valence-electron chi connectivity index (χ0n) is 25.5. The fourth-order valence-corrected chi connectivity index (χ4v) is 8.39. The maximum Gasteiger partial charge on any atom is 0.269 e. The number of nitro benzene ring substituents is 1. The van der Waals surface area contributed by atoms with Gasteiger partial charge in [0.2, 0.25) is 23.6 Å². The molecule has 1 N–H and O–H groups in total. The molecule has 3 fully saturated rings. The molecule has 0 spiro atoms. The van der Waals surface area contributed by atoms with Gasteiger partial charge in [0.25, 0.3) is 5.69 Å². The van der Waals surface area contributed by atoms with Crippen LogP contribution in [0.25, 0.3) is 0 Å². The molecule has 3 aromatic carbocycles. The molecule has 2 saturated heterocycles. The van der Waals surface area contributed by atoms with E-state index in [0.29, 0.717) is 11.3 Å². The topological polar surface area (TPSA) is 147 Å². The van der Waals surface area contributed by atoms with Crippen molar-refractivity contribution in [2.75, 3.05) is 23.0 Å². The molecule has 4 amide bonds. The zero-order chi connectivity index (χ0) is 34.1. The molecule has 3 aromatic rings. The number of ether oxygens (including phenoxy) is 1. The monoisotopic (exact) mass is 673 g/mol. The molecule has 6 unspecified atom stereocenters. The second kappa shape index (κ2) is 11.6. The van der Waals surface area contributed by atoms with E-state index < -0.39 is 69.4 Å². The van der Waals surface area contributed by atoms with E-state index in [9.17, 15) is 38.8 Å². The van der Waals surface area contributed by atoms with Gasteiger partial charge in [-0.3, -0.25) is 34.2 Å². The molecule has 48 heavy (non-hydrogen) atoms. The molecular formula is C35H29ClFN3O8. The van der Waals surface area contributed by atoms with Crippen LogP contribution in [0, 0.1) is 45.0 Å². The van der Waals surface area contributed by atoms with E-state index in [1.165, 1.54) is 36.4 Å². The van der Waals surface area contributed by atoms with Crippen LogP contribution in [0.5, 0.6) is 5.75 Å². The minimum absolute atomic E-state index is 0.0265. The largest absolute Gasteiger partial charge is 0.491 e. The second-order valence-corrected chi connectivity index (χ2v) is 13.1. The highest BCUT2D eigenvalue weighted by Crippen LogP contribution is 2.64. The van der Waals surface area contributed by atoms with Gasteiger partial charge in [0.05, 0.1) is 51.1 Å². The van der Waals surface area contributed by atoms with Gasteiger partial charge in [-0.15, -0.1) is 0 Å². The standard InChI is InChI=1S/C35H29ClFN3O8/c1-35-25(32(43)39(34(35)45)20-10-13-27(37)26(36)16-20)17-24-21(30(35)22-4-2-3-5-28(22)48-15-14-41)11-12-23-29(24)33(44)38(31(23)42)18-6-8-19(9-7-18)40(46)47/h2-11,13,16,23-25,29-30,41H,12,14-15,17H2,1H3. The third-order valence-electron chi connectivity index (χ3n) is 10.3. The number of anilines is 2. The van der Waals surface area contributed by atoms with E-state index in [4.69, 9.17) is 16.3 Å². The lowest BCUT2D eigenvalue weighted by Crippen LogP contribution is -2.49. The first-order valence-electron chi connectivity index (χ1n) is 15.5. The lowest BCUT2D eigenvalue weighted by molar-refractivity contribution is -0.384. The van der Waals surface area contributed by atoms with E-state index in [-0.39, 0.29) is 48.1 Å². The summed E-state index contributed by atoms with van der Waals surface area (Å²) in [6.45, 7) is 1.42. The number of hydrogen-bond donors (Lipinski definition) is 1. The number of carbonyl (C=O) groups is 4. The molecule has 2 aliphatic carbocycles. The molecule has 13 heteroatoms. The molecule has 0 aromatic heterocycles. The number of rotatable bonds is 7. The molecule has 6 atom stereocenters. The fourth-order valence-electron chi connectivity index (χ4n) is 8.21. The highest BCUT2D eigenvalue weighted by molar-refractivity contribution is 6.32. The van der Waals surface area contributed by atoms with Gasteiger partial charge in [-0.1, -0.05) is 41.4 Å². The van der Waals surface area contributed by atoms with E-state index >= 15 is 0 Å². The number of aliphatic hydroxyl groups excluding tert-OH is 1. The summed E-state index contributed by atoms with van der Waals surface area (Å²) in [4.78, 5) is 69.7. The highest BCUT2D eigenvalue weighted by atomic mass is 35.5. The van der Waals surface area contributed by atoms with Gasteiger partial charge in [0, 0.05) is 23.6 Å². The van der Waals surface area contributed by atoms with E-state index in [1.54, 1.807) is 31.2 Å². The van der Waals surface area contributed by atoms with Crippen LogP contribution in [0.1, 0.15) is 31.2 Å². The number of nitrogens with zero attached hydrogens (tertiary/aromatic N) is 3. The maximum atomic E-state index is 14.6. The molecule has 2 heterocycles. The van der Waals surface area contributed by atoms with Crippen molar-refractivity contribution in [3.8, 4) is 5.75 Å². The molecule has 0 radical (unpaired) electrons. The first-order valence-corrected chi connectivity index (χ1v) is 15.8. The highest BCUT2D eigenvalue weighted by Gasteiger charge is 2.68. The number of benzene rings is 3. The molecule has 7 rings (SSSR count). The number of imide groups is 2. The van der Waals surface area contributed by atoms with Gasteiger partial charge in [0.1, 0.15) is 18.2 Å². The van der Waals surface area contributed by atoms with Crippen LogP contribution in [-0.4, -0.2) is 46.9 Å². The minimum atomic E-state index is -1.38. The summed E-state index contributed by atoms with van der Waals surface area (Å²) in [7, 11) is 0. The number of carbonyl (C=O) groups excluding carboxylic acids is 4. The number of fused-ring (bicyclic) bond motifs is 4. The predicted molar refractivity (Wildman–Crippen MR) is 171 cm³/mol. The predicted octanol–water partition coefficient (Wildman–Crippen LogP) is 5.19. The Morgan fingerprint density at radius 2 is 1.69 bits per heavy atom. The summed E-state index contributed by atoms with van der Waals surface area (Å²) in [6, 6.07) is 15.8. The molecular weight excluding hydrogens is 645 g/mol. The quantitative estimate of drug-likeness (QED) is 0.156. The van der Waals surface area contributed by atoms with E-state index in [0.717, 1.165) is 21.4 Å². The summed E-state index contributed by atoms with van der Waals surface area (Å²) in [5.41, 5.74) is 0.0565. The fraction of sp³-hybridized carbons (Fsp3) is 0.314. The number of hydrogen-bond acceptors (Lipinski definition) is 8. The number of nitro groups is 1. The third-order valence-corrected chi connectivity index (χ3v) is 10.6. The second-order valence-electron chi connectivity index (χ2n) is 12.7. The Morgan fingerprint density at radius 1 is 0.979 bits per heavy atom. The molecule has 11 nitrogen and oxygen atoms in total. The van der Waals surface area contributed by atoms with Crippen molar-refractivity contribution < 1.29 is 38.3 Å². The summed E-state index contributed by atoms with van der Waals surface area (Å²) < 4.78 is 20.0. The average Bonchev–Trinajstić information content (AvgIpc) is 3.44. The van der Waals surface area contributed by atoms with Gasteiger partial charge in [-0.05, 0) is 62.1 Å². The lowest BCUT2D eigenvalue weighted by Gasteiger charge is -2.49. The number of para-hydroxylation sites is 1. The number of amides is 4. The van der Waals surface area contributed by atoms with Crippen molar-refractivity contribution in [2.24, 2.45) is 29.1 Å². The van der Waals surface area contributed by atoms with Crippen LogP contribution in [0.15, 0.2) is 78.4 Å². The van der Waals surface area contributed by atoms with Crippen LogP contribution >= 0.6 is 11.6 Å². The van der Waals surface area contributed by atoms with Crippen molar-refractivity contribution >= 4 is 52.3 Å². The maximum absolute atomic E-state index is 14.6. The molecule has 1 saturated carbocycles. The number of non-ortho nitro benzene ring substituents is 1. The number of aliphatic hydroxyl groups is 1. The van der Waals surface area contributed by atoms with Crippen LogP contribution in [-0.2, 0) is 19.2 Å². The normalized spacial score (nSPS) is 27.8. The van der Waals surface area contributed by atoms with Crippen LogP contribution in [0.3, 0.4) is 0 Å². The van der Waals surface area contributed by atoms with Crippen molar-refractivity contribution in [2.45, 2.75) is 25.7 Å². The Balaban J connectivity index is 1.35. The smallest absolute Gasteiger partial charge is 0.269 e. The third kappa shape index (κ3) is 4.57. The Hall–Kier alpha value is -4.94. The van der Waals surface area contributed by atoms with Gasteiger partial charge in [-0.2, -0.15) is 0 Å². The summed E-state index contributed by atoms with van der Waals surface area (Å²) in [6.07, 6.45) is 2.17. The van der Waals surface area contributed by atoms with Crippen molar-refractivity contribution in [1.29, 1.82) is 0 Å². The lowest BCUT2D eigenvalue weighted by atomic mass is 9.51. The zero-order valence-corrected chi connectivity index (χ0v) is 26.3. The molecule has 0 bridgehead atoms. The Labute approximate surface area is 278 Å². The molecule has 246 valence electrons. The van der Waals surface area contributed by atoms with Crippen molar-refractivity contribution in [3.63, 3.8) is 0 Å². The first-order chi connectivity index (χ1) is 23.0. The van der Waals surface area contributed by atoms with Gasteiger partial charge < -0.3 is 9.84 Å². The summed E-state index contributed by atoms with van der Waals surface area (Å²) in [5, 5.41) is 20.5. The number of allylic oxidation sites excluding steroid dienone is 2. The number of halogens is 2. The van der Waals surface area contributed by atoms with Gasteiger partial charge in [-0.25, -0.2) is 9.29 Å². The van der Waals surface area contributed by atoms with Gasteiger partial charge in [0.15, 0.2) is 0 Å².